The van der Waals surface area contributed by atoms with Crippen molar-refractivity contribution in [3.8, 4) is 17.2 Å². The van der Waals surface area contributed by atoms with E-state index in [1.54, 1.807) is 0 Å². The van der Waals surface area contributed by atoms with Crippen molar-refractivity contribution >= 4 is 0 Å². The summed E-state index contributed by atoms with van der Waals surface area (Å²) in [7, 11) is 0. The largest absolute Gasteiger partial charge is 0.491 e. The fourth-order valence-electron chi connectivity index (χ4n) is 2.24. The topological polar surface area (TPSA) is 49.0 Å². The first kappa shape index (κ1) is 14.5. The van der Waals surface area contributed by atoms with E-state index in [0.717, 1.165) is 42.4 Å². The van der Waals surface area contributed by atoms with E-state index >= 15 is 0 Å². The van der Waals surface area contributed by atoms with Crippen molar-refractivity contribution in [3.63, 3.8) is 0 Å². The number of rotatable bonds is 9. The lowest BCUT2D eigenvalue weighted by molar-refractivity contribution is 0.100. The molecule has 1 saturated carbocycles. The predicted molar refractivity (Wildman–Crippen MR) is 79.0 cm³/mol. The third-order valence-electron chi connectivity index (χ3n) is 3.55. The molecule has 1 aromatic carbocycles. The Balaban J connectivity index is 1.61. The number of benzene rings is 1. The van der Waals surface area contributed by atoms with Gasteiger partial charge in [0.1, 0.15) is 12.4 Å². The summed E-state index contributed by atoms with van der Waals surface area (Å²) in [4.78, 5) is 0. The molecule has 2 aliphatic rings. The summed E-state index contributed by atoms with van der Waals surface area (Å²) in [6, 6.07) is 4.60. The van der Waals surface area contributed by atoms with Crippen LogP contribution in [0.25, 0.3) is 0 Å². The molecule has 0 aromatic heterocycles. The van der Waals surface area contributed by atoms with E-state index in [1.165, 1.54) is 12.8 Å². The first-order valence-corrected chi connectivity index (χ1v) is 7.73. The molecular weight excluding hydrogens is 270 g/mol. The van der Waals surface area contributed by atoms with Crippen molar-refractivity contribution in [2.45, 2.75) is 38.8 Å². The molecule has 0 bridgehead atoms. The minimum Gasteiger partial charge on any atom is -0.491 e. The molecule has 1 aromatic rings. The summed E-state index contributed by atoms with van der Waals surface area (Å²) in [6.07, 6.45) is 3.57. The molecule has 1 aliphatic carbocycles. The van der Waals surface area contributed by atoms with Crippen LogP contribution in [0.15, 0.2) is 12.1 Å². The second-order valence-electron chi connectivity index (χ2n) is 5.43. The smallest absolute Gasteiger partial charge is 0.231 e. The fourth-order valence-corrected chi connectivity index (χ4v) is 2.24. The van der Waals surface area contributed by atoms with E-state index in [4.69, 9.17) is 18.9 Å². The van der Waals surface area contributed by atoms with Gasteiger partial charge >= 0.3 is 0 Å². The molecule has 3 rings (SSSR count). The van der Waals surface area contributed by atoms with Crippen LogP contribution < -0.4 is 19.5 Å². The molecule has 0 unspecified atom stereocenters. The summed E-state index contributed by atoms with van der Waals surface area (Å²) in [5, 5.41) is 3.51. The van der Waals surface area contributed by atoms with Crippen LogP contribution in [-0.4, -0.2) is 32.7 Å². The van der Waals surface area contributed by atoms with Gasteiger partial charge in [0.2, 0.25) is 6.79 Å². The van der Waals surface area contributed by atoms with Crippen molar-refractivity contribution in [1.82, 2.24) is 5.32 Å². The zero-order valence-electron chi connectivity index (χ0n) is 12.5. The zero-order valence-corrected chi connectivity index (χ0v) is 12.5. The summed E-state index contributed by atoms with van der Waals surface area (Å²) in [5.74, 6) is 2.42. The molecule has 21 heavy (non-hydrogen) atoms. The highest BCUT2D eigenvalue weighted by Crippen LogP contribution is 2.38. The van der Waals surface area contributed by atoms with Crippen molar-refractivity contribution < 1.29 is 18.9 Å². The molecule has 0 radical (unpaired) electrons. The van der Waals surface area contributed by atoms with Gasteiger partial charge in [0, 0.05) is 30.8 Å². The van der Waals surface area contributed by atoms with Crippen LogP contribution in [0.3, 0.4) is 0 Å². The van der Waals surface area contributed by atoms with Gasteiger partial charge in [-0.1, -0.05) is 6.92 Å². The van der Waals surface area contributed by atoms with Crippen LogP contribution in [0.1, 0.15) is 31.7 Å². The summed E-state index contributed by atoms with van der Waals surface area (Å²) < 4.78 is 22.2. The molecular formula is C16H23NO4. The molecule has 0 amide bonds. The van der Waals surface area contributed by atoms with Gasteiger partial charge in [-0.2, -0.15) is 0 Å². The first-order chi connectivity index (χ1) is 10.4. The van der Waals surface area contributed by atoms with E-state index < -0.39 is 0 Å². The number of hydrogen-bond acceptors (Lipinski definition) is 5. The Bertz CT molecular complexity index is 474. The second kappa shape index (κ2) is 7.00. The van der Waals surface area contributed by atoms with Crippen molar-refractivity contribution in [2.24, 2.45) is 0 Å². The zero-order chi connectivity index (χ0) is 14.5. The first-order valence-electron chi connectivity index (χ1n) is 7.73. The lowest BCUT2D eigenvalue weighted by atomic mass is 10.1. The molecule has 1 aliphatic heterocycles. The lowest BCUT2D eigenvalue weighted by Gasteiger charge is -2.13. The van der Waals surface area contributed by atoms with E-state index in [0.29, 0.717) is 19.3 Å². The molecule has 0 atom stereocenters. The molecule has 1 fully saturated rings. The maximum atomic E-state index is 5.86. The highest BCUT2D eigenvalue weighted by atomic mass is 16.7. The third kappa shape index (κ3) is 4.02. The van der Waals surface area contributed by atoms with Crippen molar-refractivity contribution in [3.05, 3.63) is 17.7 Å². The van der Waals surface area contributed by atoms with Gasteiger partial charge in [-0.3, -0.25) is 0 Å². The van der Waals surface area contributed by atoms with Crippen LogP contribution in [-0.2, 0) is 11.3 Å². The standard InChI is InChI=1S/C16H23NO4/c1-2-5-18-6-7-19-14-9-16-15(20-11-21-16)8-12(14)10-17-13-3-4-13/h8-9,13,17H,2-7,10-11H2,1H3. The van der Waals surface area contributed by atoms with Crippen LogP contribution in [0.4, 0.5) is 0 Å². The van der Waals surface area contributed by atoms with Gasteiger partial charge in [-0.15, -0.1) is 0 Å². The fraction of sp³-hybridized carbons (Fsp3) is 0.625. The van der Waals surface area contributed by atoms with E-state index in [1.807, 2.05) is 12.1 Å². The highest BCUT2D eigenvalue weighted by Gasteiger charge is 2.22. The number of hydrogen-bond donors (Lipinski definition) is 1. The van der Waals surface area contributed by atoms with Gasteiger partial charge in [-0.25, -0.2) is 0 Å². The Hall–Kier alpha value is -1.46. The lowest BCUT2D eigenvalue weighted by Crippen LogP contribution is -2.16. The van der Waals surface area contributed by atoms with Crippen LogP contribution >= 0.6 is 0 Å². The molecule has 0 saturated heterocycles. The van der Waals surface area contributed by atoms with E-state index in [-0.39, 0.29) is 6.79 Å². The SMILES string of the molecule is CCCOCCOc1cc2c(cc1CNC1CC1)OCO2. The average Bonchev–Trinajstić information content (AvgIpc) is 3.21. The van der Waals surface area contributed by atoms with E-state index in [9.17, 15) is 0 Å². The number of fused-ring (bicyclic) bond motifs is 1. The van der Waals surface area contributed by atoms with Gasteiger partial charge in [-0.05, 0) is 25.3 Å². The highest BCUT2D eigenvalue weighted by molar-refractivity contribution is 5.51. The second-order valence-corrected chi connectivity index (χ2v) is 5.43. The Kier molecular flexibility index (Phi) is 4.83. The third-order valence-corrected chi connectivity index (χ3v) is 3.55. The Morgan fingerprint density at radius 1 is 1.14 bits per heavy atom. The minimum atomic E-state index is 0.286. The summed E-state index contributed by atoms with van der Waals surface area (Å²) in [5.41, 5.74) is 1.11. The predicted octanol–water partition coefficient (Wildman–Crippen LogP) is 2.47. The van der Waals surface area contributed by atoms with Gasteiger partial charge in [0.05, 0.1) is 6.61 Å². The van der Waals surface area contributed by atoms with E-state index in [2.05, 4.69) is 12.2 Å². The Labute approximate surface area is 125 Å². The van der Waals surface area contributed by atoms with Crippen molar-refractivity contribution in [2.75, 3.05) is 26.6 Å². The van der Waals surface area contributed by atoms with Crippen LogP contribution in [0.5, 0.6) is 17.2 Å². The minimum absolute atomic E-state index is 0.286. The van der Waals surface area contributed by atoms with Crippen LogP contribution in [0.2, 0.25) is 0 Å². The number of ether oxygens (including phenoxy) is 4. The molecule has 1 heterocycles. The molecule has 116 valence electrons. The Morgan fingerprint density at radius 3 is 2.71 bits per heavy atom. The summed E-state index contributed by atoms with van der Waals surface area (Å²) >= 11 is 0. The van der Waals surface area contributed by atoms with Gasteiger partial charge < -0.3 is 24.3 Å². The van der Waals surface area contributed by atoms with Gasteiger partial charge in [0.25, 0.3) is 0 Å². The molecule has 0 spiro atoms. The monoisotopic (exact) mass is 293 g/mol. The normalized spacial score (nSPS) is 16.2. The summed E-state index contributed by atoms with van der Waals surface area (Å²) in [6.45, 7) is 5.12. The number of nitrogens with one attached hydrogen (secondary N) is 1. The average molecular weight is 293 g/mol. The molecule has 1 N–H and O–H groups in total. The van der Waals surface area contributed by atoms with Gasteiger partial charge in [0.15, 0.2) is 11.5 Å². The maximum Gasteiger partial charge on any atom is 0.231 e. The quantitative estimate of drug-likeness (QED) is 0.709. The Morgan fingerprint density at radius 2 is 1.95 bits per heavy atom. The van der Waals surface area contributed by atoms with Crippen molar-refractivity contribution in [1.29, 1.82) is 0 Å². The van der Waals surface area contributed by atoms with Crippen LogP contribution in [0, 0.1) is 0 Å². The maximum absolute atomic E-state index is 5.86. The molecule has 5 nitrogen and oxygen atoms in total. The molecule has 5 heteroatoms.